The summed E-state index contributed by atoms with van der Waals surface area (Å²) in [7, 11) is 0. The van der Waals surface area contributed by atoms with Gasteiger partial charge in [-0.2, -0.15) is 11.8 Å². The summed E-state index contributed by atoms with van der Waals surface area (Å²) in [6.45, 7) is 7.23. The van der Waals surface area contributed by atoms with E-state index in [4.69, 9.17) is 0 Å². The summed E-state index contributed by atoms with van der Waals surface area (Å²) in [5, 5.41) is 6.49. The third-order valence-electron chi connectivity index (χ3n) is 1.96. The van der Waals surface area contributed by atoms with Crippen molar-refractivity contribution < 1.29 is 0 Å². The quantitative estimate of drug-likeness (QED) is 0.766. The van der Waals surface area contributed by atoms with E-state index in [1.54, 1.807) is 12.4 Å². The van der Waals surface area contributed by atoms with Crippen molar-refractivity contribution in [3.63, 3.8) is 0 Å². The van der Waals surface area contributed by atoms with Crippen LogP contribution in [0.25, 0.3) is 0 Å². The molecular weight excluding hydrogens is 220 g/mol. The largest absolute Gasteiger partial charge is 0.369 e. The number of rotatable bonds is 7. The second-order valence-corrected chi connectivity index (χ2v) is 4.84. The van der Waals surface area contributed by atoms with Gasteiger partial charge in [-0.1, -0.05) is 6.92 Å². The van der Waals surface area contributed by atoms with E-state index in [9.17, 15) is 0 Å². The topological polar surface area (TPSA) is 49.8 Å². The van der Waals surface area contributed by atoms with Gasteiger partial charge in [-0.3, -0.25) is 4.98 Å². The molecule has 4 nitrogen and oxygen atoms in total. The molecule has 0 amide bonds. The minimum Gasteiger partial charge on any atom is -0.369 e. The van der Waals surface area contributed by atoms with E-state index in [1.807, 2.05) is 18.7 Å². The highest BCUT2D eigenvalue weighted by atomic mass is 32.2. The van der Waals surface area contributed by atoms with Crippen molar-refractivity contribution in [2.45, 2.75) is 26.8 Å². The van der Waals surface area contributed by atoms with Gasteiger partial charge in [-0.05, 0) is 19.6 Å². The zero-order chi connectivity index (χ0) is 11.8. The van der Waals surface area contributed by atoms with Crippen LogP contribution in [0.5, 0.6) is 0 Å². The number of nitrogens with one attached hydrogen (secondary N) is 2. The van der Waals surface area contributed by atoms with Crippen LogP contribution in [0.3, 0.4) is 0 Å². The van der Waals surface area contributed by atoms with Crippen LogP contribution in [0, 0.1) is 0 Å². The van der Waals surface area contributed by atoms with Crippen LogP contribution in [0.15, 0.2) is 12.4 Å². The van der Waals surface area contributed by atoms with Gasteiger partial charge >= 0.3 is 0 Å². The van der Waals surface area contributed by atoms with Crippen LogP contribution < -0.4 is 10.6 Å². The van der Waals surface area contributed by atoms with Crippen molar-refractivity contribution in [1.29, 1.82) is 0 Å². The summed E-state index contributed by atoms with van der Waals surface area (Å²) in [6, 6.07) is 0.413. The summed E-state index contributed by atoms with van der Waals surface area (Å²) in [5.41, 5.74) is 0. The van der Waals surface area contributed by atoms with Crippen LogP contribution in [0.4, 0.5) is 11.6 Å². The second-order valence-electron chi connectivity index (χ2n) is 3.52. The van der Waals surface area contributed by atoms with Crippen LogP contribution in [0.1, 0.15) is 20.8 Å². The number of nitrogens with zero attached hydrogens (tertiary/aromatic N) is 2. The molecule has 0 aromatic carbocycles. The normalized spacial score (nSPS) is 12.2. The van der Waals surface area contributed by atoms with Crippen molar-refractivity contribution in [3.8, 4) is 0 Å². The second kappa shape index (κ2) is 7.33. The van der Waals surface area contributed by atoms with E-state index in [0.717, 1.165) is 29.7 Å². The molecule has 0 aliphatic rings. The summed E-state index contributed by atoms with van der Waals surface area (Å²) < 4.78 is 0. The van der Waals surface area contributed by atoms with E-state index in [2.05, 4.69) is 34.4 Å². The summed E-state index contributed by atoms with van der Waals surface area (Å²) in [5.74, 6) is 3.89. The highest BCUT2D eigenvalue weighted by Gasteiger charge is 2.03. The Morgan fingerprint density at radius 3 is 2.75 bits per heavy atom. The van der Waals surface area contributed by atoms with Gasteiger partial charge in [0.15, 0.2) is 0 Å². The first-order chi connectivity index (χ1) is 7.76. The molecule has 0 aliphatic heterocycles. The Labute approximate surface area is 102 Å². The van der Waals surface area contributed by atoms with Crippen molar-refractivity contribution in [3.05, 3.63) is 12.4 Å². The molecule has 1 unspecified atom stereocenters. The lowest BCUT2D eigenvalue weighted by atomic mass is 10.4. The fraction of sp³-hybridized carbons (Fsp3) is 0.636. The van der Waals surface area contributed by atoms with E-state index < -0.39 is 0 Å². The fourth-order valence-corrected chi connectivity index (χ4v) is 1.96. The Balaban J connectivity index is 2.49. The van der Waals surface area contributed by atoms with Gasteiger partial charge < -0.3 is 10.6 Å². The number of thioether (sulfide) groups is 1. The van der Waals surface area contributed by atoms with Crippen molar-refractivity contribution >= 4 is 23.4 Å². The van der Waals surface area contributed by atoms with Gasteiger partial charge in [0.05, 0.1) is 12.4 Å². The van der Waals surface area contributed by atoms with Gasteiger partial charge in [0.25, 0.3) is 0 Å². The maximum absolute atomic E-state index is 4.42. The molecule has 16 heavy (non-hydrogen) atoms. The third kappa shape index (κ3) is 4.70. The fourth-order valence-electron chi connectivity index (χ4n) is 1.29. The molecule has 0 saturated carbocycles. The highest BCUT2D eigenvalue weighted by molar-refractivity contribution is 7.99. The number of anilines is 2. The molecule has 1 atom stereocenters. The molecule has 0 saturated heterocycles. The lowest BCUT2D eigenvalue weighted by Crippen LogP contribution is -2.19. The van der Waals surface area contributed by atoms with Gasteiger partial charge in [-0.25, -0.2) is 4.98 Å². The Kier molecular flexibility index (Phi) is 6.00. The van der Waals surface area contributed by atoms with Crippen molar-refractivity contribution in [2.24, 2.45) is 0 Å². The van der Waals surface area contributed by atoms with Gasteiger partial charge in [0.1, 0.15) is 11.6 Å². The lowest BCUT2D eigenvalue weighted by molar-refractivity contribution is 0.898. The minimum absolute atomic E-state index is 0.413. The first-order valence-electron chi connectivity index (χ1n) is 5.66. The maximum atomic E-state index is 4.42. The molecular formula is C11H20N4S. The highest BCUT2D eigenvalue weighted by Crippen LogP contribution is 2.10. The Morgan fingerprint density at radius 2 is 2.06 bits per heavy atom. The average Bonchev–Trinajstić information content (AvgIpc) is 2.27. The maximum Gasteiger partial charge on any atom is 0.147 e. The molecule has 1 rings (SSSR count). The number of hydrogen-bond acceptors (Lipinski definition) is 5. The molecule has 0 spiro atoms. The SMILES string of the molecule is CCNc1cncc(NC(C)CSCC)n1. The molecule has 90 valence electrons. The molecule has 2 N–H and O–H groups in total. The molecule has 0 fully saturated rings. The van der Waals surface area contributed by atoms with Gasteiger partial charge in [0, 0.05) is 18.3 Å². The molecule has 1 heterocycles. The van der Waals surface area contributed by atoms with E-state index in [-0.39, 0.29) is 0 Å². The zero-order valence-electron chi connectivity index (χ0n) is 10.2. The van der Waals surface area contributed by atoms with Crippen LogP contribution in [-0.4, -0.2) is 34.1 Å². The predicted molar refractivity (Wildman–Crippen MR) is 72.3 cm³/mol. The summed E-state index contributed by atoms with van der Waals surface area (Å²) in [6.07, 6.45) is 3.49. The first kappa shape index (κ1) is 13.1. The average molecular weight is 240 g/mol. The molecule has 1 aromatic heterocycles. The van der Waals surface area contributed by atoms with Crippen LogP contribution in [-0.2, 0) is 0 Å². The van der Waals surface area contributed by atoms with Crippen molar-refractivity contribution in [2.75, 3.05) is 28.7 Å². The smallest absolute Gasteiger partial charge is 0.147 e. The van der Waals surface area contributed by atoms with E-state index in [1.165, 1.54) is 0 Å². The van der Waals surface area contributed by atoms with E-state index >= 15 is 0 Å². The monoisotopic (exact) mass is 240 g/mol. The summed E-state index contributed by atoms with van der Waals surface area (Å²) in [4.78, 5) is 8.56. The molecule has 0 aliphatic carbocycles. The van der Waals surface area contributed by atoms with Gasteiger partial charge in [-0.15, -0.1) is 0 Å². The minimum atomic E-state index is 0.413. The Hall–Kier alpha value is -0.970. The van der Waals surface area contributed by atoms with Crippen molar-refractivity contribution in [1.82, 2.24) is 9.97 Å². The first-order valence-corrected chi connectivity index (χ1v) is 6.82. The standard InChI is InChI=1S/C11H20N4S/c1-4-13-10-6-12-7-11(15-10)14-9(3)8-16-5-2/h6-7,9H,4-5,8H2,1-3H3,(H2,13,14,15). The lowest BCUT2D eigenvalue weighted by Gasteiger charge is -2.14. The van der Waals surface area contributed by atoms with Crippen LogP contribution in [0.2, 0.25) is 0 Å². The number of aromatic nitrogens is 2. The third-order valence-corrected chi connectivity index (χ3v) is 3.10. The van der Waals surface area contributed by atoms with Gasteiger partial charge in [0.2, 0.25) is 0 Å². The number of hydrogen-bond donors (Lipinski definition) is 2. The van der Waals surface area contributed by atoms with Crippen LogP contribution >= 0.6 is 11.8 Å². The zero-order valence-corrected chi connectivity index (χ0v) is 11.0. The molecule has 1 aromatic rings. The van der Waals surface area contributed by atoms with E-state index in [0.29, 0.717) is 6.04 Å². The summed E-state index contributed by atoms with van der Waals surface area (Å²) >= 11 is 1.92. The Morgan fingerprint density at radius 1 is 1.31 bits per heavy atom. The predicted octanol–water partition coefficient (Wildman–Crippen LogP) is 2.46. The Bertz CT molecular complexity index is 306. The molecule has 0 bridgehead atoms. The molecule has 0 radical (unpaired) electrons. The molecule has 5 heteroatoms.